The zero-order valence-corrected chi connectivity index (χ0v) is 46.2. The molecule has 0 N–H and O–H groups in total. The Balaban J connectivity index is 0.728. The van der Waals surface area contributed by atoms with Gasteiger partial charge in [-0.15, -0.1) is 0 Å². The van der Waals surface area contributed by atoms with Gasteiger partial charge in [0.25, 0.3) is 0 Å². The summed E-state index contributed by atoms with van der Waals surface area (Å²) in [5.41, 5.74) is 6.32. The first-order valence-corrected chi connectivity index (χ1v) is 28.5. The Morgan fingerprint density at radius 3 is 1.95 bits per heavy atom. The number of carbonyl (C=O) groups excluding carboxylic acids is 1. The Labute approximate surface area is 463 Å². The maximum Gasteiger partial charge on any atom is 0.318 e. The number of halogens is 2. The summed E-state index contributed by atoms with van der Waals surface area (Å²) >= 11 is 13.6. The van der Waals surface area contributed by atoms with Crippen molar-refractivity contribution in [3.05, 3.63) is 118 Å². The Morgan fingerprint density at radius 2 is 1.34 bits per heavy atom. The highest BCUT2D eigenvalue weighted by molar-refractivity contribution is 6.37. The SMILES string of the molecule is CN(CCC(=O)/C=C/CCN1CCC[C@H]1COc1nc2c(c(N(C)C3CCCCN(C#N)C3)n1)CCN(c1cccc3cccc(Cl)c13)C2)c1nc(OCC2CCN2C)nc2c1CCN(c1cccc3cccc(Cl)c13)C2. The summed E-state index contributed by atoms with van der Waals surface area (Å²) in [6, 6.07) is 26.2. The van der Waals surface area contributed by atoms with Gasteiger partial charge in [0.1, 0.15) is 24.8 Å². The summed E-state index contributed by atoms with van der Waals surface area (Å²) in [6.45, 7) is 8.62. The van der Waals surface area contributed by atoms with Crippen LogP contribution in [0.2, 0.25) is 10.0 Å². The zero-order valence-electron chi connectivity index (χ0n) is 44.7. The van der Waals surface area contributed by atoms with Crippen LogP contribution in [-0.2, 0) is 30.7 Å². The number of likely N-dealkylation sites (tertiary alicyclic amines) is 3. The second kappa shape index (κ2) is 23.7. The van der Waals surface area contributed by atoms with Gasteiger partial charge in [0.05, 0.1) is 34.5 Å². The first kappa shape index (κ1) is 52.6. The quantitative estimate of drug-likeness (QED) is 0.0597. The number of allylic oxidation sites excluding steroid dienone is 1. The van der Waals surface area contributed by atoms with Crippen molar-refractivity contribution >= 4 is 73.5 Å². The number of aromatic nitrogens is 4. The zero-order chi connectivity index (χ0) is 53.0. The third-order valence-electron chi connectivity index (χ3n) is 16.7. The molecular formula is C60H70Cl2N12O3. The third kappa shape index (κ3) is 11.6. The van der Waals surface area contributed by atoms with Crippen LogP contribution in [0.4, 0.5) is 23.0 Å². The average Bonchev–Trinajstić information content (AvgIpc) is 3.79. The third-order valence-corrected chi connectivity index (χ3v) is 17.4. The number of likely N-dealkylation sites (N-methyl/N-ethyl adjacent to an activating group) is 2. The average molecular weight is 1080 g/mol. The molecule has 3 atom stereocenters. The lowest BCUT2D eigenvalue weighted by Crippen LogP contribution is -2.48. The summed E-state index contributed by atoms with van der Waals surface area (Å²) in [5, 5.41) is 15.7. The van der Waals surface area contributed by atoms with E-state index in [0.717, 1.165) is 174 Å². The van der Waals surface area contributed by atoms with Crippen LogP contribution in [0.1, 0.15) is 73.9 Å². The largest absolute Gasteiger partial charge is 0.462 e. The fourth-order valence-electron chi connectivity index (χ4n) is 12.1. The van der Waals surface area contributed by atoms with Gasteiger partial charge in [-0.05, 0) is 119 Å². The van der Waals surface area contributed by atoms with Gasteiger partial charge in [-0.1, -0.05) is 77.8 Å². The lowest BCUT2D eigenvalue weighted by atomic mass is 10.0. The minimum Gasteiger partial charge on any atom is -0.462 e. The molecule has 77 heavy (non-hydrogen) atoms. The second-order valence-corrected chi connectivity index (χ2v) is 22.4. The van der Waals surface area contributed by atoms with E-state index < -0.39 is 0 Å². The van der Waals surface area contributed by atoms with E-state index in [1.165, 1.54) is 0 Å². The monoisotopic (exact) mass is 1080 g/mol. The van der Waals surface area contributed by atoms with Gasteiger partial charge >= 0.3 is 12.0 Å². The van der Waals surface area contributed by atoms with Crippen LogP contribution in [0.3, 0.4) is 0 Å². The topological polar surface area (TPSA) is 134 Å². The number of nitrogens with zero attached hydrogens (tertiary/aromatic N) is 12. The molecule has 15 nitrogen and oxygen atoms in total. The number of nitriles is 1. The van der Waals surface area contributed by atoms with Crippen molar-refractivity contribution in [2.24, 2.45) is 0 Å². The number of hydrogen-bond acceptors (Lipinski definition) is 15. The van der Waals surface area contributed by atoms with E-state index in [0.29, 0.717) is 63.9 Å². The van der Waals surface area contributed by atoms with Crippen LogP contribution in [-0.4, -0.2) is 145 Å². The predicted octanol–water partition coefficient (Wildman–Crippen LogP) is 9.74. The molecule has 0 spiro atoms. The number of hydrogen-bond donors (Lipinski definition) is 0. The molecule has 11 rings (SSSR count). The molecule has 5 aliphatic heterocycles. The molecule has 0 amide bonds. The van der Waals surface area contributed by atoms with Crippen LogP contribution >= 0.6 is 23.2 Å². The highest BCUT2D eigenvalue weighted by Crippen LogP contribution is 2.39. The van der Waals surface area contributed by atoms with Crippen molar-refractivity contribution < 1.29 is 14.3 Å². The maximum atomic E-state index is 13.5. The summed E-state index contributed by atoms with van der Waals surface area (Å²) in [4.78, 5) is 49.5. The first-order chi connectivity index (χ1) is 37.6. The molecule has 4 aromatic carbocycles. The van der Waals surface area contributed by atoms with Crippen molar-refractivity contribution in [2.45, 2.75) is 95.4 Å². The van der Waals surface area contributed by atoms with Crippen molar-refractivity contribution in [1.82, 2.24) is 34.6 Å². The van der Waals surface area contributed by atoms with Gasteiger partial charge in [0.15, 0.2) is 12.0 Å². The molecule has 0 bridgehead atoms. The standard InChI is InChI=1S/C60H70Cl2N12O3/c1-68-31-24-44(68)38-76-59-64-51-36-73(53-22-10-15-41-13-8-20-49(61)55(41)53)33-26-47(51)57(66-59)69(2)32-25-46(75)19-5-7-29-72-30-12-18-45(72)39-77-60-65-52-37-74(54-23-11-16-42-14-9-21-50(62)56(42)54)34-27-48(52)58(67-60)70(3)43-17-4-6-28-71(35-43)40-63/h5,8-11,13-16,19-23,43-45H,4,6-7,12,17-18,24-39H2,1-3H3/b19-5+/t43?,44?,45-/m0/s1. The number of benzene rings is 4. The summed E-state index contributed by atoms with van der Waals surface area (Å²) in [6.07, 6.45) is 15.1. The van der Waals surface area contributed by atoms with Gasteiger partial charge in [0.2, 0.25) is 0 Å². The molecule has 0 aliphatic carbocycles. The highest BCUT2D eigenvalue weighted by atomic mass is 35.5. The van der Waals surface area contributed by atoms with E-state index in [9.17, 15) is 10.1 Å². The molecule has 17 heteroatoms. The van der Waals surface area contributed by atoms with Crippen molar-refractivity contribution in [2.75, 3.05) is 106 Å². The fraction of sp³-hybridized carbons (Fsp3) is 0.467. The van der Waals surface area contributed by atoms with E-state index in [-0.39, 0.29) is 17.9 Å². The van der Waals surface area contributed by atoms with Crippen LogP contribution in [0.15, 0.2) is 84.9 Å². The van der Waals surface area contributed by atoms with Crippen LogP contribution in [0.25, 0.3) is 21.5 Å². The maximum absolute atomic E-state index is 13.5. The van der Waals surface area contributed by atoms with E-state index in [1.807, 2.05) is 42.3 Å². The first-order valence-electron chi connectivity index (χ1n) is 27.7. The van der Waals surface area contributed by atoms with Crippen LogP contribution in [0.5, 0.6) is 12.0 Å². The highest BCUT2D eigenvalue weighted by Gasteiger charge is 2.32. The van der Waals surface area contributed by atoms with Crippen molar-refractivity contribution in [1.29, 1.82) is 5.26 Å². The second-order valence-electron chi connectivity index (χ2n) is 21.6. The molecule has 6 aromatic rings. The van der Waals surface area contributed by atoms with Gasteiger partial charge in [-0.3, -0.25) is 14.6 Å². The number of ketones is 1. The molecule has 2 aromatic heterocycles. The molecule has 402 valence electrons. The summed E-state index contributed by atoms with van der Waals surface area (Å²) < 4.78 is 12.9. The minimum atomic E-state index is 0.0845. The predicted molar refractivity (Wildman–Crippen MR) is 308 cm³/mol. The van der Waals surface area contributed by atoms with E-state index in [4.69, 9.17) is 52.6 Å². The lowest BCUT2D eigenvalue weighted by molar-refractivity contribution is -0.114. The van der Waals surface area contributed by atoms with E-state index in [2.05, 4.69) is 98.2 Å². The molecule has 0 saturated carbocycles. The van der Waals surface area contributed by atoms with Gasteiger partial charge < -0.3 is 34.0 Å². The van der Waals surface area contributed by atoms with Crippen LogP contribution < -0.4 is 29.1 Å². The van der Waals surface area contributed by atoms with Crippen molar-refractivity contribution in [3.8, 4) is 18.2 Å². The number of anilines is 4. The molecule has 3 saturated heterocycles. The Morgan fingerprint density at radius 1 is 0.727 bits per heavy atom. The summed E-state index contributed by atoms with van der Waals surface area (Å²) in [7, 11) is 6.25. The van der Waals surface area contributed by atoms with E-state index in [1.54, 1.807) is 6.08 Å². The normalized spacial score (nSPS) is 19.9. The van der Waals surface area contributed by atoms with Gasteiger partial charge in [-0.2, -0.15) is 25.2 Å². The number of carbonyl (C=O) groups is 1. The van der Waals surface area contributed by atoms with Crippen LogP contribution in [0, 0.1) is 11.5 Å². The van der Waals surface area contributed by atoms with E-state index >= 15 is 0 Å². The van der Waals surface area contributed by atoms with Crippen molar-refractivity contribution in [3.63, 3.8) is 0 Å². The summed E-state index contributed by atoms with van der Waals surface area (Å²) in [5.74, 6) is 1.80. The van der Waals surface area contributed by atoms with Gasteiger partial charge in [0, 0.05) is 111 Å². The number of fused-ring (bicyclic) bond motifs is 4. The minimum absolute atomic E-state index is 0.0845. The Kier molecular flexibility index (Phi) is 16.2. The Bertz CT molecular complexity index is 3180. The molecule has 7 heterocycles. The molecule has 3 fully saturated rings. The Hall–Kier alpha value is -6.44. The lowest BCUT2D eigenvalue weighted by Gasteiger charge is -2.37. The molecular weight excluding hydrogens is 1010 g/mol. The molecule has 5 aliphatic rings. The number of ether oxygens (including phenoxy) is 2. The fourth-order valence-corrected chi connectivity index (χ4v) is 12.7. The molecule has 2 unspecified atom stereocenters. The molecule has 0 radical (unpaired) electrons. The number of rotatable bonds is 18. The smallest absolute Gasteiger partial charge is 0.318 e. The van der Waals surface area contributed by atoms with Gasteiger partial charge in [-0.25, -0.2) is 0 Å².